The zero-order valence-electron chi connectivity index (χ0n) is 18.7. The van der Waals surface area contributed by atoms with Crippen LogP contribution >= 0.6 is 0 Å². The number of aromatic nitrogens is 2. The summed E-state index contributed by atoms with van der Waals surface area (Å²) >= 11 is 0. The lowest BCUT2D eigenvalue weighted by molar-refractivity contribution is -0.146. The number of imidazole rings is 1. The molecule has 2 heterocycles. The van der Waals surface area contributed by atoms with Gasteiger partial charge in [0.15, 0.2) is 0 Å². The number of aryl methyl sites for hydroxylation is 1. The molecule has 4 rings (SSSR count). The Kier molecular flexibility index (Phi) is 6.20. The van der Waals surface area contributed by atoms with Crippen molar-refractivity contribution in [3.05, 3.63) is 57.9 Å². The molecule has 0 aliphatic carbocycles. The quantitative estimate of drug-likeness (QED) is 0.494. The Bertz CT molecular complexity index is 1290. The van der Waals surface area contributed by atoms with Gasteiger partial charge in [0.25, 0.3) is 0 Å². The Morgan fingerprint density at radius 2 is 1.71 bits per heavy atom. The molecule has 0 spiro atoms. The zero-order chi connectivity index (χ0) is 25.7. The molecule has 0 amide bonds. The van der Waals surface area contributed by atoms with Crippen LogP contribution in [0.5, 0.6) is 0 Å². The average molecular weight is 501 g/mol. The molecule has 188 valence electrons. The maximum absolute atomic E-state index is 14.0. The van der Waals surface area contributed by atoms with Crippen LogP contribution in [0.15, 0.2) is 24.3 Å². The Balaban J connectivity index is 1.96. The first-order chi connectivity index (χ1) is 16.3. The van der Waals surface area contributed by atoms with Crippen molar-refractivity contribution in [2.24, 2.45) is 0 Å². The predicted octanol–water partition coefficient (Wildman–Crippen LogP) is 5.27. The molecule has 2 aromatic carbocycles. The molecular weight excluding hydrogens is 480 g/mol. The number of carboxylic acids is 1. The molecule has 12 heteroatoms. The number of hydrogen-bond acceptors (Lipinski definition) is 4. The number of halogens is 6. The third kappa shape index (κ3) is 4.66. The summed E-state index contributed by atoms with van der Waals surface area (Å²) in [6.45, 7) is 3.42. The number of aromatic carboxylic acids is 1. The molecule has 35 heavy (non-hydrogen) atoms. The van der Waals surface area contributed by atoms with Gasteiger partial charge in [-0.1, -0.05) is 12.1 Å². The first-order valence-electron chi connectivity index (χ1n) is 10.6. The fourth-order valence-electron chi connectivity index (χ4n) is 4.42. The molecular formula is C23H21F6N3O3. The lowest BCUT2D eigenvalue weighted by atomic mass is 9.97. The first kappa shape index (κ1) is 24.8. The number of hydrogen-bond donors (Lipinski definition) is 1. The highest BCUT2D eigenvalue weighted by molar-refractivity contribution is 6.03. The van der Waals surface area contributed by atoms with Crippen molar-refractivity contribution in [1.29, 1.82) is 0 Å². The van der Waals surface area contributed by atoms with Crippen LogP contribution in [-0.2, 0) is 23.6 Å². The van der Waals surface area contributed by atoms with E-state index in [9.17, 15) is 36.2 Å². The van der Waals surface area contributed by atoms with Crippen LogP contribution in [0.2, 0.25) is 0 Å². The Labute approximate surface area is 195 Å². The number of alkyl halides is 6. The number of carbonyl (C=O) groups is 1. The van der Waals surface area contributed by atoms with Gasteiger partial charge in [0.05, 0.1) is 29.9 Å². The van der Waals surface area contributed by atoms with Crippen LogP contribution < -0.4 is 4.90 Å². The molecule has 0 atom stereocenters. The van der Waals surface area contributed by atoms with Crippen LogP contribution in [-0.4, -0.2) is 46.9 Å². The third-order valence-electron chi connectivity index (χ3n) is 6.10. The van der Waals surface area contributed by atoms with E-state index in [1.807, 2.05) is 0 Å². The number of ether oxygens (including phenoxy) is 1. The van der Waals surface area contributed by atoms with Gasteiger partial charge < -0.3 is 19.3 Å². The van der Waals surface area contributed by atoms with Crippen LogP contribution in [0.4, 0.5) is 32.0 Å². The first-order valence-corrected chi connectivity index (χ1v) is 10.6. The minimum Gasteiger partial charge on any atom is -0.478 e. The Morgan fingerprint density at radius 3 is 2.29 bits per heavy atom. The number of fused-ring (bicyclic) bond motifs is 1. The Morgan fingerprint density at radius 1 is 1.06 bits per heavy atom. The van der Waals surface area contributed by atoms with Gasteiger partial charge in [-0.3, -0.25) is 0 Å². The number of rotatable bonds is 4. The normalized spacial score (nSPS) is 15.1. The predicted molar refractivity (Wildman–Crippen MR) is 115 cm³/mol. The molecule has 1 N–H and O–H groups in total. The molecule has 0 radical (unpaired) electrons. The Hall–Kier alpha value is -3.28. The van der Waals surface area contributed by atoms with Gasteiger partial charge >= 0.3 is 18.3 Å². The molecule has 1 aromatic heterocycles. The second kappa shape index (κ2) is 8.74. The second-order valence-corrected chi connectivity index (χ2v) is 8.32. The summed E-state index contributed by atoms with van der Waals surface area (Å²) in [4.78, 5) is 17.3. The van der Waals surface area contributed by atoms with E-state index in [0.29, 0.717) is 32.0 Å². The van der Waals surface area contributed by atoms with Crippen LogP contribution in [0.3, 0.4) is 0 Å². The van der Waals surface area contributed by atoms with E-state index in [0.717, 1.165) is 4.57 Å². The molecule has 0 saturated carbocycles. The molecule has 6 nitrogen and oxygen atoms in total. The molecule has 1 aliphatic rings. The maximum atomic E-state index is 14.0. The van der Waals surface area contributed by atoms with Gasteiger partial charge in [0.2, 0.25) is 5.82 Å². The lowest BCUT2D eigenvalue weighted by Crippen LogP contribution is -2.36. The fourth-order valence-corrected chi connectivity index (χ4v) is 4.42. The highest BCUT2D eigenvalue weighted by Crippen LogP contribution is 2.38. The monoisotopic (exact) mass is 501 g/mol. The van der Waals surface area contributed by atoms with Crippen molar-refractivity contribution in [1.82, 2.24) is 9.55 Å². The van der Waals surface area contributed by atoms with Crippen LogP contribution in [0, 0.1) is 13.8 Å². The topological polar surface area (TPSA) is 67.6 Å². The summed E-state index contributed by atoms with van der Waals surface area (Å²) in [6, 6.07) is 5.20. The molecule has 0 unspecified atom stereocenters. The van der Waals surface area contributed by atoms with Gasteiger partial charge in [0.1, 0.15) is 5.52 Å². The van der Waals surface area contributed by atoms with E-state index in [-0.39, 0.29) is 27.7 Å². The van der Waals surface area contributed by atoms with E-state index < -0.39 is 41.8 Å². The zero-order valence-corrected chi connectivity index (χ0v) is 18.7. The van der Waals surface area contributed by atoms with Crippen molar-refractivity contribution in [3.63, 3.8) is 0 Å². The molecule has 1 saturated heterocycles. The summed E-state index contributed by atoms with van der Waals surface area (Å²) in [6.07, 6.45) is -9.66. The minimum atomic E-state index is -4.97. The van der Waals surface area contributed by atoms with Gasteiger partial charge in [-0.05, 0) is 42.7 Å². The van der Waals surface area contributed by atoms with E-state index in [1.54, 1.807) is 4.90 Å². The number of nitrogens with zero attached hydrogens (tertiary/aromatic N) is 3. The van der Waals surface area contributed by atoms with Crippen LogP contribution in [0.1, 0.15) is 38.4 Å². The highest BCUT2D eigenvalue weighted by Gasteiger charge is 2.39. The highest BCUT2D eigenvalue weighted by atomic mass is 19.4. The van der Waals surface area contributed by atoms with Gasteiger partial charge in [-0.15, -0.1) is 0 Å². The van der Waals surface area contributed by atoms with Crippen molar-refractivity contribution in [3.8, 4) is 0 Å². The standard InChI is InChI=1S/C23H21F6N3O3/c1-12-3-4-14(13(2)18(12)22(24,25)26)11-32-17-10-15(31-5-7-35-8-6-31)9-16(20(33)34)19(17)30-21(32)23(27,28)29/h3-4,9-10H,5-8,11H2,1-2H3,(H,33,34). The van der Waals surface area contributed by atoms with E-state index in [4.69, 9.17) is 4.74 Å². The molecule has 0 bridgehead atoms. The molecule has 3 aromatic rings. The van der Waals surface area contributed by atoms with Gasteiger partial charge in [0, 0.05) is 25.3 Å². The van der Waals surface area contributed by atoms with E-state index >= 15 is 0 Å². The summed E-state index contributed by atoms with van der Waals surface area (Å²) in [7, 11) is 0. The lowest BCUT2D eigenvalue weighted by Gasteiger charge is -2.29. The largest absolute Gasteiger partial charge is 0.478 e. The smallest absolute Gasteiger partial charge is 0.449 e. The van der Waals surface area contributed by atoms with Crippen LogP contribution in [0.25, 0.3) is 11.0 Å². The number of morpholine rings is 1. The summed E-state index contributed by atoms with van der Waals surface area (Å²) < 4.78 is 88.8. The minimum absolute atomic E-state index is 0.0152. The SMILES string of the molecule is Cc1ccc(Cn2c(C(F)(F)F)nc3c(C(=O)O)cc(N4CCOCC4)cc32)c(C)c1C(F)(F)F. The number of carboxylic acid groups (broad SMARTS) is 1. The fraction of sp³-hybridized carbons (Fsp3) is 0.391. The van der Waals surface area contributed by atoms with E-state index in [2.05, 4.69) is 4.98 Å². The average Bonchev–Trinajstić information content (AvgIpc) is 3.13. The second-order valence-electron chi connectivity index (χ2n) is 8.32. The van der Waals surface area contributed by atoms with Crippen molar-refractivity contribution in [2.45, 2.75) is 32.7 Å². The van der Waals surface area contributed by atoms with Crippen molar-refractivity contribution >= 4 is 22.7 Å². The van der Waals surface area contributed by atoms with Crippen molar-refractivity contribution < 1.29 is 41.0 Å². The van der Waals surface area contributed by atoms with Crippen molar-refractivity contribution in [2.75, 3.05) is 31.2 Å². The number of anilines is 1. The number of benzene rings is 2. The van der Waals surface area contributed by atoms with Gasteiger partial charge in [-0.2, -0.15) is 26.3 Å². The summed E-state index contributed by atoms with van der Waals surface area (Å²) in [5, 5.41) is 9.70. The maximum Gasteiger partial charge on any atom is 0.449 e. The summed E-state index contributed by atoms with van der Waals surface area (Å²) in [5.41, 5.74) is -1.72. The van der Waals surface area contributed by atoms with E-state index in [1.165, 1.54) is 38.1 Å². The third-order valence-corrected chi connectivity index (χ3v) is 6.10. The summed E-state index contributed by atoms with van der Waals surface area (Å²) in [5.74, 6) is -2.85. The molecule has 1 aliphatic heterocycles. The molecule has 1 fully saturated rings. The van der Waals surface area contributed by atoms with Gasteiger partial charge in [-0.25, -0.2) is 9.78 Å².